The molecule has 2 saturated heterocycles. The molecule has 1 N–H and O–H groups in total. The van der Waals surface area contributed by atoms with E-state index >= 15 is 4.39 Å². The second kappa shape index (κ2) is 9.66. The predicted octanol–water partition coefficient (Wildman–Crippen LogP) is 3.34. The highest BCUT2D eigenvalue weighted by Crippen LogP contribution is 2.36. The van der Waals surface area contributed by atoms with E-state index in [4.69, 9.17) is 9.47 Å². The number of ether oxygens (including phenoxy) is 2. The number of anilines is 1. The summed E-state index contributed by atoms with van der Waals surface area (Å²) in [7, 11) is 1.39. The van der Waals surface area contributed by atoms with Crippen LogP contribution in [-0.2, 0) is 4.74 Å². The van der Waals surface area contributed by atoms with Crippen molar-refractivity contribution < 1.29 is 27.0 Å². The van der Waals surface area contributed by atoms with Crippen LogP contribution in [0, 0.1) is 5.82 Å². The molecule has 38 heavy (non-hydrogen) atoms. The van der Waals surface area contributed by atoms with E-state index in [-0.39, 0.29) is 35.5 Å². The maximum atomic E-state index is 15.3. The van der Waals surface area contributed by atoms with Crippen molar-refractivity contribution in [3.05, 3.63) is 30.2 Å². The molecule has 2 aliphatic heterocycles. The number of piperidine rings is 1. The summed E-state index contributed by atoms with van der Waals surface area (Å²) in [5.74, 6) is -0.435. The SMILES string of the molecule is COc1nc(N[C@H]2CCN(C3COC3)C[C@@H]2F)nn2cc(F)c(-c3ccc4nnn([C@@H](C)C(F)F)c4c3)c12. The zero-order chi connectivity index (χ0) is 26.6. The lowest BCUT2D eigenvalue weighted by Gasteiger charge is -2.42. The van der Waals surface area contributed by atoms with E-state index < -0.39 is 30.5 Å². The van der Waals surface area contributed by atoms with Gasteiger partial charge in [-0.05, 0) is 31.0 Å². The first-order valence-electron chi connectivity index (χ1n) is 12.3. The van der Waals surface area contributed by atoms with Crippen LogP contribution in [0.15, 0.2) is 24.4 Å². The summed E-state index contributed by atoms with van der Waals surface area (Å²) in [4.78, 5) is 6.48. The number of halogens is 4. The van der Waals surface area contributed by atoms with Crippen LogP contribution in [0.3, 0.4) is 0 Å². The van der Waals surface area contributed by atoms with Crippen molar-refractivity contribution in [2.45, 2.75) is 44.1 Å². The number of rotatable bonds is 7. The number of hydrogen-bond donors (Lipinski definition) is 1. The van der Waals surface area contributed by atoms with Gasteiger partial charge in [-0.3, -0.25) is 4.90 Å². The molecule has 10 nitrogen and oxygen atoms in total. The van der Waals surface area contributed by atoms with E-state index in [1.165, 1.54) is 24.7 Å². The Morgan fingerprint density at radius 2 is 2.05 bits per heavy atom. The monoisotopic (exact) mass is 534 g/mol. The zero-order valence-corrected chi connectivity index (χ0v) is 20.7. The molecule has 14 heteroatoms. The van der Waals surface area contributed by atoms with Crippen LogP contribution >= 0.6 is 0 Å². The summed E-state index contributed by atoms with van der Waals surface area (Å²) in [5.41, 5.74) is 1.50. The zero-order valence-electron chi connectivity index (χ0n) is 20.7. The molecular weight excluding hydrogens is 508 g/mol. The van der Waals surface area contributed by atoms with Crippen molar-refractivity contribution in [1.82, 2.24) is 34.5 Å². The first kappa shape index (κ1) is 24.8. The van der Waals surface area contributed by atoms with Crippen molar-refractivity contribution in [3.8, 4) is 17.0 Å². The van der Waals surface area contributed by atoms with Crippen molar-refractivity contribution in [2.24, 2.45) is 0 Å². The van der Waals surface area contributed by atoms with Gasteiger partial charge in [-0.1, -0.05) is 11.3 Å². The van der Waals surface area contributed by atoms with Crippen LogP contribution in [0.1, 0.15) is 19.4 Å². The minimum atomic E-state index is -2.65. The predicted molar refractivity (Wildman–Crippen MR) is 130 cm³/mol. The Bertz CT molecular complexity index is 1470. The van der Waals surface area contributed by atoms with Gasteiger partial charge < -0.3 is 14.8 Å². The fourth-order valence-electron chi connectivity index (χ4n) is 5.02. The number of nitrogens with one attached hydrogen (secondary N) is 1. The summed E-state index contributed by atoms with van der Waals surface area (Å²) in [5, 5.41) is 15.2. The van der Waals surface area contributed by atoms with Gasteiger partial charge in [-0.2, -0.15) is 4.98 Å². The van der Waals surface area contributed by atoms with E-state index in [1.54, 1.807) is 18.2 Å². The number of alkyl halides is 3. The molecule has 2 fully saturated rings. The fraction of sp³-hybridized carbons (Fsp3) is 0.500. The first-order chi connectivity index (χ1) is 18.3. The Kier molecular flexibility index (Phi) is 6.30. The van der Waals surface area contributed by atoms with Gasteiger partial charge in [0, 0.05) is 13.1 Å². The van der Waals surface area contributed by atoms with Crippen LogP contribution in [0.5, 0.6) is 5.88 Å². The number of hydrogen-bond acceptors (Lipinski definition) is 8. The second-order valence-electron chi connectivity index (χ2n) is 9.64. The third-order valence-electron chi connectivity index (χ3n) is 7.28. The van der Waals surface area contributed by atoms with Crippen molar-refractivity contribution >= 4 is 22.5 Å². The van der Waals surface area contributed by atoms with E-state index in [0.29, 0.717) is 42.8 Å². The second-order valence-corrected chi connectivity index (χ2v) is 9.64. The third-order valence-corrected chi connectivity index (χ3v) is 7.28. The minimum Gasteiger partial charge on any atom is -0.479 e. The van der Waals surface area contributed by atoms with Crippen LogP contribution in [0.4, 0.5) is 23.5 Å². The smallest absolute Gasteiger partial charge is 0.260 e. The first-order valence-corrected chi connectivity index (χ1v) is 12.3. The highest BCUT2D eigenvalue weighted by atomic mass is 19.3. The van der Waals surface area contributed by atoms with E-state index in [9.17, 15) is 13.2 Å². The minimum absolute atomic E-state index is 0.0774. The van der Waals surface area contributed by atoms with Gasteiger partial charge in [-0.25, -0.2) is 26.8 Å². The Morgan fingerprint density at radius 1 is 1.24 bits per heavy atom. The van der Waals surface area contributed by atoms with Gasteiger partial charge in [-0.15, -0.1) is 10.2 Å². The van der Waals surface area contributed by atoms with Gasteiger partial charge in [0.05, 0.1) is 49.7 Å². The number of likely N-dealkylation sites (tertiary alicyclic amines) is 1. The average molecular weight is 535 g/mol. The van der Waals surface area contributed by atoms with Gasteiger partial charge in [0.2, 0.25) is 11.8 Å². The van der Waals surface area contributed by atoms with Gasteiger partial charge in [0.25, 0.3) is 6.43 Å². The molecule has 0 spiro atoms. The summed E-state index contributed by atoms with van der Waals surface area (Å²) in [6.45, 7) is 3.58. The number of aromatic nitrogens is 6. The fourth-order valence-corrected chi connectivity index (χ4v) is 5.02. The summed E-state index contributed by atoms with van der Waals surface area (Å²) >= 11 is 0. The number of benzene rings is 1. The maximum absolute atomic E-state index is 15.3. The molecule has 4 aromatic rings. The highest BCUT2D eigenvalue weighted by Gasteiger charge is 2.36. The van der Waals surface area contributed by atoms with Crippen LogP contribution in [-0.4, -0.2) is 92.6 Å². The normalized spacial score (nSPS) is 21.8. The van der Waals surface area contributed by atoms with Crippen LogP contribution in [0.2, 0.25) is 0 Å². The van der Waals surface area contributed by atoms with Crippen LogP contribution < -0.4 is 10.1 Å². The number of fused-ring (bicyclic) bond motifs is 2. The molecule has 0 saturated carbocycles. The van der Waals surface area contributed by atoms with Crippen molar-refractivity contribution in [3.63, 3.8) is 0 Å². The third kappa shape index (κ3) is 4.21. The lowest BCUT2D eigenvalue weighted by molar-refractivity contribution is -0.0794. The Morgan fingerprint density at radius 3 is 2.74 bits per heavy atom. The Balaban J connectivity index is 1.33. The quantitative estimate of drug-likeness (QED) is 0.361. The summed E-state index contributed by atoms with van der Waals surface area (Å²) in [6, 6.07) is 3.28. The largest absolute Gasteiger partial charge is 0.479 e. The molecule has 0 aliphatic carbocycles. The van der Waals surface area contributed by atoms with Gasteiger partial charge >= 0.3 is 0 Å². The standard InChI is InChI=1S/C24H26F4N8O2/c1-12(22(27)28)36-19-7-13(3-4-18(19)31-33-36)20-16(26)9-35-21(20)23(37-2)30-24(32-35)29-17-5-6-34(8-15(17)25)14-10-38-11-14/h3-4,7,9,12,14-15,17,22H,5-6,8,10-11H2,1-2H3,(H,29,32)/t12-,15-,17-/m0/s1. The number of methoxy groups -OCH3 is 1. The molecule has 0 amide bonds. The lowest BCUT2D eigenvalue weighted by Crippen LogP contribution is -2.57. The molecule has 3 aromatic heterocycles. The lowest BCUT2D eigenvalue weighted by atomic mass is 10.0. The molecule has 0 bridgehead atoms. The molecule has 0 unspecified atom stereocenters. The van der Waals surface area contributed by atoms with E-state index in [2.05, 4.69) is 30.6 Å². The topological polar surface area (TPSA) is 94.6 Å². The van der Waals surface area contributed by atoms with Gasteiger partial charge in [0.15, 0.2) is 5.82 Å². The summed E-state index contributed by atoms with van der Waals surface area (Å²) < 4.78 is 70.1. The number of nitrogens with zero attached hydrogens (tertiary/aromatic N) is 7. The molecule has 2 aliphatic rings. The molecular formula is C24H26F4N8O2. The molecule has 202 valence electrons. The van der Waals surface area contributed by atoms with Crippen molar-refractivity contribution in [2.75, 3.05) is 38.7 Å². The molecule has 1 aromatic carbocycles. The Labute approximate surface area is 214 Å². The molecule has 3 atom stereocenters. The highest BCUT2D eigenvalue weighted by molar-refractivity contribution is 5.89. The molecule has 0 radical (unpaired) electrons. The molecule has 6 rings (SSSR count). The molecule has 5 heterocycles. The van der Waals surface area contributed by atoms with Gasteiger partial charge in [0.1, 0.15) is 23.2 Å². The van der Waals surface area contributed by atoms with E-state index in [1.807, 2.05) is 0 Å². The van der Waals surface area contributed by atoms with E-state index in [0.717, 1.165) is 4.68 Å². The van der Waals surface area contributed by atoms with Crippen molar-refractivity contribution in [1.29, 1.82) is 0 Å². The maximum Gasteiger partial charge on any atom is 0.260 e. The Hall–Kier alpha value is -3.52. The van der Waals surface area contributed by atoms with Crippen LogP contribution in [0.25, 0.3) is 27.7 Å². The average Bonchev–Trinajstić information content (AvgIpc) is 3.43. The summed E-state index contributed by atoms with van der Waals surface area (Å²) in [6.07, 6.45) is -2.08.